The van der Waals surface area contributed by atoms with Crippen LogP contribution in [0.25, 0.3) is 0 Å². The summed E-state index contributed by atoms with van der Waals surface area (Å²) in [6.07, 6.45) is 0. The minimum Gasteiger partial charge on any atom is -0.324 e. The van der Waals surface area contributed by atoms with E-state index in [4.69, 9.17) is 0 Å². The molecule has 1 amide bonds. The molecule has 116 valence electrons. The molecule has 6 nitrogen and oxygen atoms in total. The first-order valence-corrected chi connectivity index (χ1v) is 7.59. The number of benzene rings is 1. The van der Waals surface area contributed by atoms with Gasteiger partial charge in [-0.2, -0.15) is 0 Å². The Morgan fingerprint density at radius 1 is 1.41 bits per heavy atom. The molecule has 0 atom stereocenters. The first-order valence-electron chi connectivity index (χ1n) is 6.71. The Morgan fingerprint density at radius 3 is 2.82 bits per heavy atom. The molecule has 7 heteroatoms. The molecule has 0 spiro atoms. The van der Waals surface area contributed by atoms with E-state index in [0.29, 0.717) is 12.2 Å². The second kappa shape index (κ2) is 7.15. The van der Waals surface area contributed by atoms with E-state index in [0.717, 1.165) is 5.56 Å². The fourth-order valence-corrected chi connectivity index (χ4v) is 2.80. The van der Waals surface area contributed by atoms with Gasteiger partial charge in [0.2, 0.25) is 5.91 Å². The summed E-state index contributed by atoms with van der Waals surface area (Å²) < 4.78 is 0. The average Bonchev–Trinajstić information content (AvgIpc) is 2.93. The summed E-state index contributed by atoms with van der Waals surface area (Å²) in [7, 11) is 1.86. The summed E-state index contributed by atoms with van der Waals surface area (Å²) in [4.78, 5) is 25.5. The van der Waals surface area contributed by atoms with Crippen LogP contribution in [-0.4, -0.2) is 29.3 Å². The minimum absolute atomic E-state index is 0.0344. The monoisotopic (exact) mass is 319 g/mol. The van der Waals surface area contributed by atoms with Gasteiger partial charge >= 0.3 is 0 Å². The van der Waals surface area contributed by atoms with Crippen molar-refractivity contribution in [1.29, 1.82) is 0 Å². The van der Waals surface area contributed by atoms with E-state index in [1.54, 1.807) is 24.3 Å². The summed E-state index contributed by atoms with van der Waals surface area (Å²) in [6.45, 7) is 2.72. The first-order chi connectivity index (χ1) is 10.5. The number of hydrogen-bond acceptors (Lipinski definition) is 5. The van der Waals surface area contributed by atoms with E-state index in [1.807, 2.05) is 29.5 Å². The summed E-state index contributed by atoms with van der Waals surface area (Å²) in [5.41, 5.74) is 1.23. The number of carbonyl (C=O) groups excluding carboxylic acids is 1. The van der Waals surface area contributed by atoms with Gasteiger partial charge in [0.1, 0.15) is 0 Å². The molecule has 0 fully saturated rings. The van der Waals surface area contributed by atoms with E-state index in [1.165, 1.54) is 17.0 Å². The molecule has 0 saturated carbocycles. The normalized spacial score (nSPS) is 10.7. The maximum Gasteiger partial charge on any atom is 0.271 e. The van der Waals surface area contributed by atoms with Gasteiger partial charge in [-0.1, -0.05) is 12.1 Å². The number of amides is 1. The second-order valence-electron chi connectivity index (χ2n) is 5.06. The van der Waals surface area contributed by atoms with E-state index < -0.39 is 4.92 Å². The van der Waals surface area contributed by atoms with E-state index in [9.17, 15) is 14.9 Å². The molecule has 1 aromatic carbocycles. The van der Waals surface area contributed by atoms with Crippen LogP contribution in [0.1, 0.15) is 10.4 Å². The number of thiophene rings is 1. The van der Waals surface area contributed by atoms with Crippen molar-refractivity contribution in [3.8, 4) is 0 Å². The standard InChI is InChI=1S/C15H17N3O3S/c1-11-5-6-12(18(20)21)8-14(11)16-15(19)10-17(2)9-13-4-3-7-22-13/h3-8H,9-10H2,1-2H3,(H,16,19). The second-order valence-corrected chi connectivity index (χ2v) is 6.09. The lowest BCUT2D eigenvalue weighted by Crippen LogP contribution is -2.29. The number of likely N-dealkylation sites (N-methyl/N-ethyl adjacent to an activating group) is 1. The molecule has 0 aliphatic carbocycles. The van der Waals surface area contributed by atoms with Crippen molar-refractivity contribution in [1.82, 2.24) is 4.90 Å². The number of nitrogens with one attached hydrogen (secondary N) is 1. The number of carbonyl (C=O) groups is 1. The zero-order chi connectivity index (χ0) is 16.1. The van der Waals surface area contributed by atoms with Gasteiger partial charge < -0.3 is 5.32 Å². The molecule has 2 rings (SSSR count). The predicted molar refractivity (Wildman–Crippen MR) is 87.1 cm³/mol. The highest BCUT2D eigenvalue weighted by atomic mass is 32.1. The van der Waals surface area contributed by atoms with Crippen LogP contribution < -0.4 is 5.32 Å². The van der Waals surface area contributed by atoms with Crippen molar-refractivity contribution in [2.45, 2.75) is 13.5 Å². The average molecular weight is 319 g/mol. The molecule has 0 saturated heterocycles. The Kier molecular flexibility index (Phi) is 5.24. The van der Waals surface area contributed by atoms with Gasteiger partial charge in [-0.15, -0.1) is 11.3 Å². The van der Waals surface area contributed by atoms with Crippen LogP contribution >= 0.6 is 11.3 Å². The van der Waals surface area contributed by atoms with Crippen molar-refractivity contribution in [3.05, 3.63) is 56.3 Å². The number of nitro groups is 1. The molecule has 0 aliphatic rings. The summed E-state index contributed by atoms with van der Waals surface area (Å²) in [5.74, 6) is -0.192. The van der Waals surface area contributed by atoms with E-state index in [2.05, 4.69) is 5.32 Å². The van der Waals surface area contributed by atoms with Crippen molar-refractivity contribution in [2.75, 3.05) is 18.9 Å². The van der Waals surface area contributed by atoms with Crippen LogP contribution in [0.5, 0.6) is 0 Å². The zero-order valence-electron chi connectivity index (χ0n) is 12.4. The highest BCUT2D eigenvalue weighted by Crippen LogP contribution is 2.21. The smallest absolute Gasteiger partial charge is 0.271 e. The third kappa shape index (κ3) is 4.37. The molecule has 22 heavy (non-hydrogen) atoms. The van der Waals surface area contributed by atoms with Crippen molar-refractivity contribution < 1.29 is 9.72 Å². The van der Waals surface area contributed by atoms with Crippen molar-refractivity contribution in [2.24, 2.45) is 0 Å². The Bertz CT molecular complexity index is 671. The Balaban J connectivity index is 1.96. The summed E-state index contributed by atoms with van der Waals surface area (Å²) in [6, 6.07) is 8.42. The number of hydrogen-bond donors (Lipinski definition) is 1. The third-order valence-electron chi connectivity index (χ3n) is 3.13. The van der Waals surface area contributed by atoms with Gasteiger partial charge in [0.05, 0.1) is 17.2 Å². The topological polar surface area (TPSA) is 75.5 Å². The maximum atomic E-state index is 12.1. The van der Waals surface area contributed by atoms with Crippen LogP contribution in [0.2, 0.25) is 0 Å². The molecular weight excluding hydrogens is 302 g/mol. The number of nitrogens with zero attached hydrogens (tertiary/aromatic N) is 2. The maximum absolute atomic E-state index is 12.1. The molecular formula is C15H17N3O3S. The minimum atomic E-state index is -0.474. The molecule has 1 N–H and O–H groups in total. The zero-order valence-corrected chi connectivity index (χ0v) is 13.2. The SMILES string of the molecule is Cc1ccc([N+](=O)[O-])cc1NC(=O)CN(C)Cc1cccs1. The quantitative estimate of drug-likeness (QED) is 0.656. The molecule has 1 heterocycles. The number of nitro benzene ring substituents is 1. The Morgan fingerprint density at radius 2 is 2.18 bits per heavy atom. The van der Waals surface area contributed by atoms with E-state index in [-0.39, 0.29) is 18.1 Å². The lowest BCUT2D eigenvalue weighted by Gasteiger charge is -2.16. The molecule has 0 bridgehead atoms. The predicted octanol–water partition coefficient (Wildman–Crippen LogP) is 3.04. The van der Waals surface area contributed by atoms with Crippen molar-refractivity contribution in [3.63, 3.8) is 0 Å². The molecule has 0 radical (unpaired) electrons. The van der Waals surface area contributed by atoms with Crippen LogP contribution in [0.4, 0.5) is 11.4 Å². The first kappa shape index (κ1) is 16.1. The van der Waals surface area contributed by atoms with Crippen LogP contribution in [-0.2, 0) is 11.3 Å². The van der Waals surface area contributed by atoms with Gasteiger partial charge in [-0.25, -0.2) is 0 Å². The van der Waals surface area contributed by atoms with Gasteiger partial charge in [-0.3, -0.25) is 19.8 Å². The molecule has 0 aliphatic heterocycles. The number of rotatable bonds is 6. The van der Waals surface area contributed by atoms with E-state index >= 15 is 0 Å². The van der Waals surface area contributed by atoms with Gasteiger partial charge in [0.25, 0.3) is 5.69 Å². The van der Waals surface area contributed by atoms with Gasteiger partial charge in [-0.05, 0) is 31.0 Å². The number of non-ortho nitro benzene ring substituents is 1. The third-order valence-corrected chi connectivity index (χ3v) is 3.99. The van der Waals surface area contributed by atoms with Crippen LogP contribution in [0.15, 0.2) is 35.7 Å². The van der Waals surface area contributed by atoms with Crippen LogP contribution in [0.3, 0.4) is 0 Å². The van der Waals surface area contributed by atoms with Crippen molar-refractivity contribution >= 4 is 28.6 Å². The highest BCUT2D eigenvalue weighted by Gasteiger charge is 2.12. The number of aryl methyl sites for hydroxylation is 1. The Hall–Kier alpha value is -2.25. The highest BCUT2D eigenvalue weighted by molar-refractivity contribution is 7.09. The lowest BCUT2D eigenvalue weighted by atomic mass is 10.2. The summed E-state index contributed by atoms with van der Waals surface area (Å²) >= 11 is 1.64. The molecule has 1 aromatic heterocycles. The van der Waals surface area contributed by atoms with Gasteiger partial charge in [0, 0.05) is 23.6 Å². The van der Waals surface area contributed by atoms with Crippen LogP contribution in [0, 0.1) is 17.0 Å². The molecule has 2 aromatic rings. The van der Waals surface area contributed by atoms with Gasteiger partial charge in [0.15, 0.2) is 0 Å². The molecule has 0 unspecified atom stereocenters. The fourth-order valence-electron chi connectivity index (χ4n) is 2.02. The summed E-state index contributed by atoms with van der Waals surface area (Å²) in [5, 5.41) is 15.5. The number of anilines is 1. The lowest BCUT2D eigenvalue weighted by molar-refractivity contribution is -0.384. The fraction of sp³-hybridized carbons (Fsp3) is 0.267. The Labute approximate surface area is 132 Å². The largest absolute Gasteiger partial charge is 0.324 e.